The van der Waals surface area contributed by atoms with E-state index in [1.165, 1.54) is 17.8 Å². The van der Waals surface area contributed by atoms with Gasteiger partial charge in [0.05, 0.1) is 6.20 Å². The van der Waals surface area contributed by atoms with Crippen LogP contribution in [0.25, 0.3) is 0 Å². The van der Waals surface area contributed by atoms with Crippen molar-refractivity contribution in [3.8, 4) is 0 Å². The summed E-state index contributed by atoms with van der Waals surface area (Å²) in [5.74, 6) is 0.967. The molecule has 0 aliphatic heterocycles. The maximum Gasteiger partial charge on any atom is 0.294 e. The van der Waals surface area contributed by atoms with Gasteiger partial charge in [0.2, 0.25) is 11.7 Å². The summed E-state index contributed by atoms with van der Waals surface area (Å²) in [5.41, 5.74) is 4.41. The molecule has 0 bridgehead atoms. The van der Waals surface area contributed by atoms with Crippen molar-refractivity contribution in [2.45, 2.75) is 13.8 Å². The van der Waals surface area contributed by atoms with Crippen LogP contribution in [-0.2, 0) is 0 Å². The van der Waals surface area contributed by atoms with Gasteiger partial charge in [-0.2, -0.15) is 4.98 Å². The third kappa shape index (κ3) is 4.79. The first-order valence-corrected chi connectivity index (χ1v) is 9.34. The third-order valence-corrected chi connectivity index (χ3v) is 4.24. The van der Waals surface area contributed by atoms with Gasteiger partial charge in [0.1, 0.15) is 5.82 Å². The summed E-state index contributed by atoms with van der Waals surface area (Å²) in [5, 5.41) is 12.7. The van der Waals surface area contributed by atoms with Crippen molar-refractivity contribution in [3.05, 3.63) is 83.9 Å². The van der Waals surface area contributed by atoms with Crippen molar-refractivity contribution >= 4 is 34.7 Å². The van der Waals surface area contributed by atoms with Crippen LogP contribution in [-0.4, -0.2) is 21.0 Å². The predicted molar refractivity (Wildman–Crippen MR) is 115 cm³/mol. The van der Waals surface area contributed by atoms with Crippen molar-refractivity contribution in [1.82, 2.24) is 15.1 Å². The van der Waals surface area contributed by atoms with Gasteiger partial charge in [-0.25, -0.2) is 4.98 Å². The highest BCUT2D eigenvalue weighted by Crippen LogP contribution is 2.21. The lowest BCUT2D eigenvalue weighted by Crippen LogP contribution is -2.10. The fraction of sp³-hybridized carbons (Fsp3) is 0.0909. The zero-order chi connectivity index (χ0) is 20.9. The van der Waals surface area contributed by atoms with Gasteiger partial charge in [0.25, 0.3) is 5.91 Å². The first-order valence-electron chi connectivity index (χ1n) is 9.34. The van der Waals surface area contributed by atoms with E-state index in [1.807, 2.05) is 56.3 Å². The average Bonchev–Trinajstić information content (AvgIpc) is 3.26. The molecule has 3 N–H and O–H groups in total. The number of carbonyl (C=O) groups is 1. The molecule has 8 heteroatoms. The maximum atomic E-state index is 12.0. The molecule has 0 spiro atoms. The molecule has 0 fully saturated rings. The summed E-state index contributed by atoms with van der Waals surface area (Å²) in [6.07, 6.45) is 1.42. The first kappa shape index (κ1) is 19.1. The Bertz CT molecular complexity index is 1140. The Balaban J connectivity index is 1.44. The van der Waals surface area contributed by atoms with Gasteiger partial charge in [0.15, 0.2) is 0 Å². The SMILES string of the molecule is Cc1ccc(Nc2cc(C)nc(Nc3ccc(NC(=O)c4ccno4)cc3)n2)cc1. The van der Waals surface area contributed by atoms with E-state index in [1.54, 1.807) is 12.1 Å². The van der Waals surface area contributed by atoms with Crippen molar-refractivity contribution < 1.29 is 9.32 Å². The fourth-order valence-electron chi connectivity index (χ4n) is 2.76. The number of rotatable bonds is 6. The number of nitrogens with zero attached hydrogens (tertiary/aromatic N) is 3. The molecule has 8 nitrogen and oxygen atoms in total. The number of hydrogen-bond acceptors (Lipinski definition) is 7. The van der Waals surface area contributed by atoms with E-state index >= 15 is 0 Å². The minimum absolute atomic E-state index is 0.152. The summed E-state index contributed by atoms with van der Waals surface area (Å²) in [7, 11) is 0. The zero-order valence-electron chi connectivity index (χ0n) is 16.5. The van der Waals surface area contributed by atoms with Crippen molar-refractivity contribution in [2.75, 3.05) is 16.0 Å². The van der Waals surface area contributed by atoms with Gasteiger partial charge >= 0.3 is 0 Å². The van der Waals surface area contributed by atoms with Gasteiger partial charge in [-0.05, 0) is 50.2 Å². The Hall–Kier alpha value is -4.20. The Morgan fingerprint density at radius 1 is 0.833 bits per heavy atom. The molecule has 4 aromatic rings. The van der Waals surface area contributed by atoms with Crippen molar-refractivity contribution in [3.63, 3.8) is 0 Å². The number of carbonyl (C=O) groups excluding carboxylic acids is 1. The number of aromatic nitrogens is 3. The highest BCUT2D eigenvalue weighted by Gasteiger charge is 2.10. The molecule has 0 radical (unpaired) electrons. The number of hydrogen-bond donors (Lipinski definition) is 3. The topological polar surface area (TPSA) is 105 Å². The van der Waals surface area contributed by atoms with Crippen LogP contribution >= 0.6 is 0 Å². The monoisotopic (exact) mass is 400 g/mol. The van der Waals surface area contributed by atoms with E-state index in [-0.39, 0.29) is 11.7 Å². The highest BCUT2D eigenvalue weighted by molar-refractivity contribution is 6.02. The van der Waals surface area contributed by atoms with Crippen LogP contribution in [0.4, 0.5) is 28.8 Å². The normalized spacial score (nSPS) is 10.5. The molecule has 1 amide bonds. The van der Waals surface area contributed by atoms with Gasteiger partial charge in [0, 0.05) is 34.9 Å². The van der Waals surface area contributed by atoms with Crippen LogP contribution in [0.3, 0.4) is 0 Å². The first-order chi connectivity index (χ1) is 14.5. The number of aryl methyl sites for hydroxylation is 2. The van der Waals surface area contributed by atoms with E-state index in [0.717, 1.165) is 17.1 Å². The number of benzene rings is 2. The van der Waals surface area contributed by atoms with Gasteiger partial charge < -0.3 is 20.5 Å². The fourth-order valence-corrected chi connectivity index (χ4v) is 2.76. The van der Waals surface area contributed by atoms with Gasteiger partial charge in [-0.3, -0.25) is 4.79 Å². The number of anilines is 5. The lowest BCUT2D eigenvalue weighted by atomic mass is 10.2. The molecule has 0 atom stereocenters. The second-order valence-electron chi connectivity index (χ2n) is 6.74. The molecule has 0 saturated carbocycles. The molecular formula is C22H20N6O2. The van der Waals surface area contributed by atoms with Crippen LogP contribution in [0.2, 0.25) is 0 Å². The van der Waals surface area contributed by atoms with Gasteiger partial charge in [-0.1, -0.05) is 22.9 Å². The summed E-state index contributed by atoms with van der Waals surface area (Å²) in [4.78, 5) is 21.0. The maximum absolute atomic E-state index is 12.0. The van der Waals surface area contributed by atoms with Crippen LogP contribution in [0.15, 0.2) is 71.4 Å². The van der Waals surface area contributed by atoms with Crippen molar-refractivity contribution in [1.29, 1.82) is 0 Å². The van der Waals surface area contributed by atoms with E-state index in [0.29, 0.717) is 17.5 Å². The Labute approximate surface area is 173 Å². The van der Waals surface area contributed by atoms with Crippen LogP contribution in [0.5, 0.6) is 0 Å². The average molecular weight is 400 g/mol. The number of nitrogens with one attached hydrogen (secondary N) is 3. The molecule has 0 saturated heterocycles. The highest BCUT2D eigenvalue weighted by atomic mass is 16.5. The summed E-state index contributed by atoms with van der Waals surface area (Å²) < 4.78 is 4.84. The van der Waals surface area contributed by atoms with Crippen LogP contribution in [0, 0.1) is 13.8 Å². The second kappa shape index (κ2) is 8.44. The Morgan fingerprint density at radius 3 is 2.20 bits per heavy atom. The molecule has 0 aliphatic rings. The van der Waals surface area contributed by atoms with E-state index in [4.69, 9.17) is 4.52 Å². The zero-order valence-corrected chi connectivity index (χ0v) is 16.5. The quantitative estimate of drug-likeness (QED) is 0.426. The molecule has 150 valence electrons. The number of amides is 1. The largest absolute Gasteiger partial charge is 0.351 e. The van der Waals surface area contributed by atoms with E-state index < -0.39 is 0 Å². The minimum Gasteiger partial charge on any atom is -0.351 e. The lowest BCUT2D eigenvalue weighted by molar-refractivity contribution is 0.0988. The minimum atomic E-state index is -0.359. The Morgan fingerprint density at radius 2 is 1.50 bits per heavy atom. The molecule has 0 unspecified atom stereocenters. The smallest absolute Gasteiger partial charge is 0.294 e. The molecule has 0 aliphatic carbocycles. The summed E-state index contributed by atoms with van der Waals surface area (Å²) in [6.45, 7) is 3.96. The molecule has 2 aromatic heterocycles. The lowest BCUT2D eigenvalue weighted by Gasteiger charge is -2.11. The predicted octanol–water partition coefficient (Wildman–Crippen LogP) is 4.82. The molecule has 30 heavy (non-hydrogen) atoms. The standard InChI is InChI=1S/C22H20N6O2/c1-14-3-5-16(6-4-14)25-20-13-15(2)24-22(28-20)27-18-9-7-17(8-10-18)26-21(29)19-11-12-23-30-19/h3-13H,1-2H3,(H,26,29)(H2,24,25,27,28). The Kier molecular flexibility index (Phi) is 5.38. The van der Waals surface area contributed by atoms with E-state index in [9.17, 15) is 4.79 Å². The third-order valence-electron chi connectivity index (χ3n) is 4.24. The molecule has 2 heterocycles. The molecule has 2 aromatic carbocycles. The summed E-state index contributed by atoms with van der Waals surface area (Å²) >= 11 is 0. The van der Waals surface area contributed by atoms with Crippen LogP contribution in [0.1, 0.15) is 21.8 Å². The summed E-state index contributed by atoms with van der Waals surface area (Å²) in [6, 6.07) is 18.7. The van der Waals surface area contributed by atoms with Gasteiger partial charge in [-0.15, -0.1) is 0 Å². The van der Waals surface area contributed by atoms with Crippen LogP contribution < -0.4 is 16.0 Å². The molecule has 4 rings (SSSR count). The van der Waals surface area contributed by atoms with E-state index in [2.05, 4.69) is 31.1 Å². The second-order valence-corrected chi connectivity index (χ2v) is 6.74. The van der Waals surface area contributed by atoms with Crippen molar-refractivity contribution in [2.24, 2.45) is 0 Å². The molecular weight excluding hydrogens is 380 g/mol.